The van der Waals surface area contributed by atoms with Gasteiger partial charge in [0.15, 0.2) is 9.59 Å². The van der Waals surface area contributed by atoms with Crippen molar-refractivity contribution in [2.24, 2.45) is 0 Å². The summed E-state index contributed by atoms with van der Waals surface area (Å²) in [5, 5.41) is 8.25. The summed E-state index contributed by atoms with van der Waals surface area (Å²) in [5.74, 6) is -0.105. The van der Waals surface area contributed by atoms with E-state index in [0.717, 1.165) is 69.7 Å². The predicted molar refractivity (Wildman–Crippen MR) is 95.2 cm³/mol. The van der Waals surface area contributed by atoms with Crippen molar-refractivity contribution in [1.29, 1.82) is 0 Å². The summed E-state index contributed by atoms with van der Waals surface area (Å²) in [6.45, 7) is 4.93. The zero-order valence-electron chi connectivity index (χ0n) is 14.1. The molecule has 2 fully saturated rings. The highest BCUT2D eigenvalue weighted by Crippen LogP contribution is 2.30. The van der Waals surface area contributed by atoms with Crippen molar-refractivity contribution < 1.29 is 9.59 Å². The summed E-state index contributed by atoms with van der Waals surface area (Å²) in [5.41, 5.74) is 0. The van der Waals surface area contributed by atoms with Gasteiger partial charge in [-0.05, 0) is 45.4 Å². The quantitative estimate of drug-likeness (QED) is 0.603. The Labute approximate surface area is 151 Å². The van der Waals surface area contributed by atoms with Crippen LogP contribution >= 0.6 is 23.1 Å². The molecule has 8 heteroatoms. The van der Waals surface area contributed by atoms with Crippen LogP contribution in [-0.4, -0.2) is 63.2 Å². The highest BCUT2D eigenvalue weighted by molar-refractivity contribution is 8.03. The Hall–Kier alpha value is -1.15. The molecule has 24 heavy (non-hydrogen) atoms. The van der Waals surface area contributed by atoms with Gasteiger partial charge in [0.2, 0.25) is 11.8 Å². The number of aromatic nitrogens is 2. The topological polar surface area (TPSA) is 66.4 Å². The predicted octanol–water partition coefficient (Wildman–Crippen LogP) is 2.33. The molecule has 2 amide bonds. The van der Waals surface area contributed by atoms with Gasteiger partial charge < -0.3 is 9.80 Å². The van der Waals surface area contributed by atoms with Crippen molar-refractivity contribution in [3.63, 3.8) is 0 Å². The van der Waals surface area contributed by atoms with Gasteiger partial charge in [-0.3, -0.25) is 9.59 Å². The lowest BCUT2D eigenvalue weighted by Crippen LogP contribution is -2.49. The second kappa shape index (κ2) is 8.29. The molecular formula is C16H24N4O2S2. The van der Waals surface area contributed by atoms with Crippen LogP contribution in [0.3, 0.4) is 0 Å². The molecule has 0 saturated carbocycles. The van der Waals surface area contributed by atoms with Crippen molar-refractivity contribution in [3.8, 4) is 0 Å². The van der Waals surface area contributed by atoms with Crippen LogP contribution in [0.4, 0.5) is 0 Å². The first-order chi connectivity index (χ1) is 11.6. The monoisotopic (exact) mass is 368 g/mol. The maximum absolute atomic E-state index is 13.0. The summed E-state index contributed by atoms with van der Waals surface area (Å²) in [6, 6.07) is 0. The Morgan fingerprint density at radius 1 is 0.917 bits per heavy atom. The van der Waals surface area contributed by atoms with E-state index in [0.29, 0.717) is 4.34 Å². The highest BCUT2D eigenvalue weighted by Gasteiger charge is 2.36. The summed E-state index contributed by atoms with van der Waals surface area (Å²) < 4.78 is 0.702. The molecule has 6 nitrogen and oxygen atoms in total. The zero-order chi connectivity index (χ0) is 16.9. The van der Waals surface area contributed by atoms with Gasteiger partial charge in [0, 0.05) is 26.2 Å². The fourth-order valence-electron chi connectivity index (χ4n) is 3.19. The molecule has 3 heterocycles. The van der Waals surface area contributed by atoms with Crippen molar-refractivity contribution in [2.45, 2.75) is 55.0 Å². The fraction of sp³-hybridized carbons (Fsp3) is 0.750. The lowest BCUT2D eigenvalue weighted by atomic mass is 10.1. The number of carbonyl (C=O) groups is 2. The minimum Gasteiger partial charge on any atom is -0.341 e. The smallest absolute Gasteiger partial charge is 0.245 e. The molecule has 2 aliphatic heterocycles. The molecule has 0 aliphatic carbocycles. The second-order valence-electron chi connectivity index (χ2n) is 6.36. The van der Waals surface area contributed by atoms with Crippen LogP contribution in [-0.2, 0) is 9.59 Å². The molecular weight excluding hydrogens is 344 g/mol. The average molecular weight is 369 g/mol. The lowest BCUT2D eigenvalue weighted by molar-refractivity contribution is -0.140. The molecule has 2 saturated heterocycles. The van der Waals surface area contributed by atoms with Gasteiger partial charge in [-0.25, -0.2) is 0 Å². The van der Waals surface area contributed by atoms with E-state index in [9.17, 15) is 9.59 Å². The number of piperidine rings is 2. The lowest BCUT2D eigenvalue weighted by Gasteiger charge is -2.33. The van der Waals surface area contributed by atoms with Crippen LogP contribution in [0.5, 0.6) is 0 Å². The normalized spacial score (nSPS) is 18.9. The molecule has 0 atom stereocenters. The highest BCUT2D eigenvalue weighted by atomic mass is 32.2. The van der Waals surface area contributed by atoms with E-state index in [-0.39, 0.29) is 11.8 Å². The third kappa shape index (κ3) is 4.27. The maximum Gasteiger partial charge on any atom is 0.245 e. The maximum atomic E-state index is 13.0. The van der Waals surface area contributed by atoms with Crippen LogP contribution in [0.1, 0.15) is 43.5 Å². The molecule has 0 N–H and O–H groups in total. The number of aryl methyl sites for hydroxylation is 1. The molecule has 2 aliphatic rings. The number of hydrogen-bond donors (Lipinski definition) is 0. The third-order valence-electron chi connectivity index (χ3n) is 4.51. The van der Waals surface area contributed by atoms with Crippen LogP contribution in [0.2, 0.25) is 0 Å². The Kier molecular flexibility index (Phi) is 6.10. The molecule has 0 radical (unpaired) electrons. The molecule has 132 valence electrons. The first-order valence-corrected chi connectivity index (χ1v) is 10.4. The number of hydrogen-bond acceptors (Lipinski definition) is 6. The van der Waals surface area contributed by atoms with Gasteiger partial charge in [-0.2, -0.15) is 0 Å². The van der Waals surface area contributed by atoms with Gasteiger partial charge in [-0.1, -0.05) is 23.1 Å². The van der Waals surface area contributed by atoms with Crippen LogP contribution in [0, 0.1) is 6.92 Å². The largest absolute Gasteiger partial charge is 0.341 e. The first kappa shape index (κ1) is 17.7. The molecule has 0 unspecified atom stereocenters. The Balaban J connectivity index is 1.76. The Bertz CT molecular complexity index is 550. The standard InChI is InChI=1S/C16H24N4O2S2/c1-12-17-18-16(23-12)24-13(14(21)19-8-4-2-5-9-19)15(22)20-10-6-3-7-11-20/h13H,2-11H2,1H3. The number of carbonyl (C=O) groups excluding carboxylic acids is 2. The number of thioether (sulfide) groups is 1. The van der Waals surface area contributed by atoms with E-state index >= 15 is 0 Å². The van der Waals surface area contributed by atoms with Crippen molar-refractivity contribution >= 4 is 34.9 Å². The van der Waals surface area contributed by atoms with E-state index in [1.807, 2.05) is 16.7 Å². The third-order valence-corrected chi connectivity index (χ3v) is 6.60. The molecule has 1 aromatic heterocycles. The SMILES string of the molecule is Cc1nnc(SC(C(=O)N2CCCCC2)C(=O)N2CCCCC2)s1. The number of nitrogens with zero attached hydrogens (tertiary/aromatic N) is 4. The Morgan fingerprint density at radius 2 is 1.42 bits per heavy atom. The first-order valence-electron chi connectivity index (χ1n) is 8.69. The Morgan fingerprint density at radius 3 is 1.83 bits per heavy atom. The van der Waals surface area contributed by atoms with Crippen LogP contribution in [0.15, 0.2) is 4.34 Å². The molecule has 0 aromatic carbocycles. The molecule has 0 bridgehead atoms. The van der Waals surface area contributed by atoms with Gasteiger partial charge in [0.25, 0.3) is 0 Å². The van der Waals surface area contributed by atoms with Gasteiger partial charge in [0.1, 0.15) is 5.01 Å². The summed E-state index contributed by atoms with van der Waals surface area (Å²) >= 11 is 2.72. The van der Waals surface area contributed by atoms with Gasteiger partial charge in [0.05, 0.1) is 0 Å². The van der Waals surface area contributed by atoms with E-state index in [2.05, 4.69) is 10.2 Å². The second-order valence-corrected chi connectivity index (χ2v) is 8.89. The minimum absolute atomic E-state index is 0.0527. The zero-order valence-corrected chi connectivity index (χ0v) is 15.7. The van der Waals surface area contributed by atoms with E-state index in [4.69, 9.17) is 0 Å². The van der Waals surface area contributed by atoms with E-state index < -0.39 is 5.25 Å². The van der Waals surface area contributed by atoms with Gasteiger partial charge >= 0.3 is 0 Å². The molecule has 0 spiro atoms. The number of amides is 2. The van der Waals surface area contributed by atoms with Crippen molar-refractivity contribution in [3.05, 3.63) is 5.01 Å². The van der Waals surface area contributed by atoms with Crippen LogP contribution < -0.4 is 0 Å². The van der Waals surface area contributed by atoms with Crippen LogP contribution in [0.25, 0.3) is 0 Å². The summed E-state index contributed by atoms with van der Waals surface area (Å²) in [6.07, 6.45) is 6.43. The summed E-state index contributed by atoms with van der Waals surface area (Å²) in [7, 11) is 0. The summed E-state index contributed by atoms with van der Waals surface area (Å²) in [4.78, 5) is 29.7. The number of likely N-dealkylation sites (tertiary alicyclic amines) is 2. The van der Waals surface area contributed by atoms with Crippen molar-refractivity contribution in [2.75, 3.05) is 26.2 Å². The minimum atomic E-state index is -0.714. The number of rotatable bonds is 4. The van der Waals surface area contributed by atoms with Gasteiger partial charge in [-0.15, -0.1) is 10.2 Å². The molecule has 1 aromatic rings. The van der Waals surface area contributed by atoms with E-state index in [1.54, 1.807) is 0 Å². The fourth-order valence-corrected chi connectivity index (χ4v) is 5.24. The average Bonchev–Trinajstić information content (AvgIpc) is 3.05. The molecule has 3 rings (SSSR count). The van der Waals surface area contributed by atoms with Crippen molar-refractivity contribution in [1.82, 2.24) is 20.0 Å². The van der Waals surface area contributed by atoms with E-state index in [1.165, 1.54) is 23.1 Å².